The molecule has 0 amide bonds. The van der Waals surface area contributed by atoms with Crippen molar-refractivity contribution in [1.29, 1.82) is 0 Å². The maximum Gasteiger partial charge on any atom is 0.295 e. The zero-order chi connectivity index (χ0) is 24.8. The van der Waals surface area contributed by atoms with Gasteiger partial charge in [-0.25, -0.2) is 13.4 Å². The summed E-state index contributed by atoms with van der Waals surface area (Å²) in [6.07, 6.45) is 2.89. The van der Waals surface area contributed by atoms with Gasteiger partial charge in [-0.2, -0.15) is 4.31 Å². The molecule has 3 aromatic rings. The SMILES string of the molecule is CC(C)Oc1ccc(S(=O)(=O)N2CCN(c3ccc(-c4cnco4)c(OCOC=O)c3)CC2)cc1. The van der Waals surface area contributed by atoms with Crippen molar-refractivity contribution in [3.63, 3.8) is 0 Å². The van der Waals surface area contributed by atoms with Gasteiger partial charge in [-0.15, -0.1) is 0 Å². The molecule has 0 spiro atoms. The summed E-state index contributed by atoms with van der Waals surface area (Å²) in [6.45, 7) is 5.56. The maximum atomic E-state index is 13.1. The summed E-state index contributed by atoms with van der Waals surface area (Å²) >= 11 is 0. The highest BCUT2D eigenvalue weighted by molar-refractivity contribution is 7.89. The monoisotopic (exact) mass is 501 g/mol. The predicted molar refractivity (Wildman–Crippen MR) is 128 cm³/mol. The second kappa shape index (κ2) is 10.8. The molecule has 186 valence electrons. The van der Waals surface area contributed by atoms with Crippen LogP contribution in [0, 0.1) is 0 Å². The summed E-state index contributed by atoms with van der Waals surface area (Å²) in [5.41, 5.74) is 1.51. The second-order valence-electron chi connectivity index (χ2n) is 8.10. The van der Waals surface area contributed by atoms with E-state index in [1.807, 2.05) is 32.0 Å². The Kier molecular flexibility index (Phi) is 7.57. The number of carbonyl (C=O) groups excluding carboxylic acids is 1. The zero-order valence-corrected chi connectivity index (χ0v) is 20.3. The van der Waals surface area contributed by atoms with Crippen molar-refractivity contribution in [3.8, 4) is 22.8 Å². The molecule has 1 aliphatic rings. The molecule has 2 aromatic carbocycles. The fourth-order valence-corrected chi connectivity index (χ4v) is 5.23. The van der Waals surface area contributed by atoms with Gasteiger partial charge in [0.1, 0.15) is 11.5 Å². The van der Waals surface area contributed by atoms with Gasteiger partial charge in [0.2, 0.25) is 16.8 Å². The maximum absolute atomic E-state index is 13.1. The van der Waals surface area contributed by atoms with Crippen molar-refractivity contribution in [2.24, 2.45) is 0 Å². The van der Waals surface area contributed by atoms with Crippen LogP contribution in [0.15, 0.2) is 64.4 Å². The lowest BCUT2D eigenvalue weighted by molar-refractivity contribution is -0.134. The van der Waals surface area contributed by atoms with Gasteiger partial charge in [0.25, 0.3) is 6.47 Å². The molecule has 2 heterocycles. The third kappa shape index (κ3) is 5.75. The van der Waals surface area contributed by atoms with Gasteiger partial charge in [0, 0.05) is 37.9 Å². The van der Waals surface area contributed by atoms with E-state index in [0.717, 1.165) is 5.69 Å². The highest BCUT2D eigenvalue weighted by Gasteiger charge is 2.29. The number of piperazine rings is 1. The Morgan fingerprint density at radius 2 is 1.83 bits per heavy atom. The average molecular weight is 502 g/mol. The quantitative estimate of drug-likeness (QED) is 0.235. The summed E-state index contributed by atoms with van der Waals surface area (Å²) in [7, 11) is -3.61. The van der Waals surface area contributed by atoms with Crippen LogP contribution >= 0.6 is 0 Å². The van der Waals surface area contributed by atoms with E-state index >= 15 is 0 Å². The van der Waals surface area contributed by atoms with Crippen LogP contribution in [0.25, 0.3) is 11.3 Å². The number of sulfonamides is 1. The first kappa shape index (κ1) is 24.6. The van der Waals surface area contributed by atoms with Gasteiger partial charge < -0.3 is 23.5 Å². The molecular weight excluding hydrogens is 474 g/mol. The standard InChI is InChI=1S/C24H27N3O7S/c1-18(2)34-20-4-6-21(7-5-20)35(29,30)27-11-9-26(10-12-27)19-3-8-22(24-14-25-15-32-24)23(13-19)33-17-31-16-28/h3-8,13-16,18H,9-12,17H2,1-2H3. The number of benzene rings is 2. The average Bonchev–Trinajstić information content (AvgIpc) is 3.39. The number of aromatic nitrogens is 1. The molecule has 4 rings (SSSR count). The summed E-state index contributed by atoms with van der Waals surface area (Å²) in [5, 5.41) is 0. The van der Waals surface area contributed by atoms with Crippen LogP contribution in [0.5, 0.6) is 11.5 Å². The third-order valence-electron chi connectivity index (χ3n) is 5.45. The van der Waals surface area contributed by atoms with Crippen LogP contribution < -0.4 is 14.4 Å². The normalized spacial score (nSPS) is 14.7. The molecule has 1 fully saturated rings. The van der Waals surface area contributed by atoms with Gasteiger partial charge in [0.15, 0.2) is 12.2 Å². The molecule has 0 radical (unpaired) electrons. The summed E-state index contributed by atoms with van der Waals surface area (Å²) < 4.78 is 49.0. The molecule has 11 heteroatoms. The van der Waals surface area contributed by atoms with E-state index < -0.39 is 10.0 Å². The molecule has 0 unspecified atom stereocenters. The Labute approximate surface area is 204 Å². The Morgan fingerprint density at radius 3 is 2.46 bits per heavy atom. The van der Waals surface area contributed by atoms with Crippen LogP contribution in [-0.2, 0) is 19.6 Å². The van der Waals surface area contributed by atoms with E-state index in [2.05, 4.69) is 14.6 Å². The Hall–Kier alpha value is -3.57. The van der Waals surface area contributed by atoms with Crippen molar-refractivity contribution < 1.29 is 31.8 Å². The topological polar surface area (TPSA) is 111 Å². The van der Waals surface area contributed by atoms with Gasteiger partial charge in [0.05, 0.1) is 22.8 Å². The largest absolute Gasteiger partial charge is 0.491 e. The number of ether oxygens (including phenoxy) is 3. The number of hydrogen-bond donors (Lipinski definition) is 0. The van der Waals surface area contributed by atoms with E-state index in [4.69, 9.17) is 13.9 Å². The Morgan fingerprint density at radius 1 is 1.09 bits per heavy atom. The van der Waals surface area contributed by atoms with Crippen molar-refractivity contribution in [2.75, 3.05) is 37.9 Å². The third-order valence-corrected chi connectivity index (χ3v) is 7.36. The minimum atomic E-state index is -3.61. The molecule has 0 atom stereocenters. The van der Waals surface area contributed by atoms with Crippen LogP contribution in [0.3, 0.4) is 0 Å². The van der Waals surface area contributed by atoms with Gasteiger partial charge >= 0.3 is 0 Å². The second-order valence-corrected chi connectivity index (χ2v) is 10.0. The Balaban J connectivity index is 1.45. The molecule has 35 heavy (non-hydrogen) atoms. The molecule has 0 saturated carbocycles. The van der Waals surface area contributed by atoms with E-state index in [1.165, 1.54) is 10.7 Å². The van der Waals surface area contributed by atoms with Crippen LogP contribution in [0.1, 0.15) is 13.8 Å². The predicted octanol–water partition coefficient (Wildman–Crippen LogP) is 3.15. The minimum Gasteiger partial charge on any atom is -0.491 e. The summed E-state index contributed by atoms with van der Waals surface area (Å²) in [5.74, 6) is 1.60. The first-order valence-corrected chi connectivity index (χ1v) is 12.6. The lowest BCUT2D eigenvalue weighted by Gasteiger charge is -2.35. The molecular formula is C24H27N3O7S. The molecule has 0 bridgehead atoms. The fraction of sp³-hybridized carbons (Fsp3) is 0.333. The molecule has 1 aromatic heterocycles. The van der Waals surface area contributed by atoms with E-state index in [0.29, 0.717) is 55.5 Å². The van der Waals surface area contributed by atoms with Gasteiger partial charge in [-0.05, 0) is 50.2 Å². The lowest BCUT2D eigenvalue weighted by atomic mass is 10.1. The molecule has 0 aliphatic carbocycles. The van der Waals surface area contributed by atoms with Crippen LogP contribution in [0.4, 0.5) is 5.69 Å². The lowest BCUT2D eigenvalue weighted by Crippen LogP contribution is -2.48. The van der Waals surface area contributed by atoms with Crippen LogP contribution in [0.2, 0.25) is 0 Å². The highest BCUT2D eigenvalue weighted by Crippen LogP contribution is 2.34. The number of nitrogens with zero attached hydrogens (tertiary/aromatic N) is 3. The molecule has 1 aliphatic heterocycles. The van der Waals surface area contributed by atoms with Crippen molar-refractivity contribution in [2.45, 2.75) is 24.8 Å². The molecule has 1 saturated heterocycles. The first-order chi connectivity index (χ1) is 16.9. The zero-order valence-electron chi connectivity index (χ0n) is 19.5. The highest BCUT2D eigenvalue weighted by atomic mass is 32.2. The summed E-state index contributed by atoms with van der Waals surface area (Å²) in [6, 6.07) is 12.0. The van der Waals surface area contributed by atoms with E-state index in [1.54, 1.807) is 30.5 Å². The van der Waals surface area contributed by atoms with E-state index in [9.17, 15) is 13.2 Å². The number of anilines is 1. The van der Waals surface area contributed by atoms with Gasteiger partial charge in [-0.3, -0.25) is 4.79 Å². The van der Waals surface area contributed by atoms with Crippen molar-refractivity contribution in [1.82, 2.24) is 9.29 Å². The number of oxazole rings is 1. The number of hydrogen-bond acceptors (Lipinski definition) is 9. The first-order valence-electron chi connectivity index (χ1n) is 11.1. The number of rotatable bonds is 10. The van der Waals surface area contributed by atoms with Crippen molar-refractivity contribution in [3.05, 3.63) is 55.1 Å². The van der Waals surface area contributed by atoms with Crippen LogP contribution in [-0.4, -0.2) is 63.3 Å². The molecule has 0 N–H and O–H groups in total. The smallest absolute Gasteiger partial charge is 0.295 e. The number of carbonyl (C=O) groups is 1. The Bertz CT molecular complexity index is 1220. The molecule has 10 nitrogen and oxygen atoms in total. The summed E-state index contributed by atoms with van der Waals surface area (Å²) in [4.78, 5) is 16.7. The van der Waals surface area contributed by atoms with E-state index in [-0.39, 0.29) is 17.8 Å². The van der Waals surface area contributed by atoms with Gasteiger partial charge in [-0.1, -0.05) is 0 Å². The van der Waals surface area contributed by atoms with Crippen molar-refractivity contribution >= 4 is 22.2 Å². The fourth-order valence-electron chi connectivity index (χ4n) is 3.80. The minimum absolute atomic E-state index is 0.0128.